The van der Waals surface area contributed by atoms with Gasteiger partial charge in [0.15, 0.2) is 12.3 Å². The summed E-state index contributed by atoms with van der Waals surface area (Å²) in [4.78, 5) is 10.9. The Labute approximate surface area is 102 Å². The zero-order valence-electron chi connectivity index (χ0n) is 10.7. The largest absolute Gasteiger partial charge is 0.369 e. The van der Waals surface area contributed by atoms with Gasteiger partial charge >= 0.3 is 0 Å². The summed E-state index contributed by atoms with van der Waals surface area (Å²) in [5.41, 5.74) is 9.07. The first kappa shape index (κ1) is 11.8. The van der Waals surface area contributed by atoms with Gasteiger partial charge in [-0.25, -0.2) is 0 Å². The Balaban J connectivity index is 2.43. The molecule has 0 bridgehead atoms. The number of nitrogens with two attached hydrogens (primary N) is 1. The lowest BCUT2D eigenvalue weighted by Gasteiger charge is -2.14. The normalized spacial score (nSPS) is 17.1. The standard InChI is InChI=1S/C14H18N2O/c1-10-14(2,3)11-6-4-5-7-12(11)16(10)9-8-13(15)17/h4-7H,8-9H2,1-3H3,(H-,15,17)/p+1. The molecule has 1 aliphatic heterocycles. The average molecular weight is 231 g/mol. The van der Waals surface area contributed by atoms with Crippen molar-refractivity contribution in [3.63, 3.8) is 0 Å². The minimum atomic E-state index is -0.250. The smallest absolute Gasteiger partial charge is 0.223 e. The van der Waals surface area contributed by atoms with E-state index < -0.39 is 0 Å². The number of rotatable bonds is 3. The molecule has 1 heterocycles. The minimum Gasteiger partial charge on any atom is -0.369 e. The van der Waals surface area contributed by atoms with Gasteiger partial charge in [0.2, 0.25) is 11.6 Å². The van der Waals surface area contributed by atoms with Gasteiger partial charge in [-0.1, -0.05) is 18.2 Å². The minimum absolute atomic E-state index is 0.0360. The van der Waals surface area contributed by atoms with E-state index in [0.717, 1.165) is 0 Å². The van der Waals surface area contributed by atoms with E-state index in [1.165, 1.54) is 17.0 Å². The average Bonchev–Trinajstić information content (AvgIpc) is 2.47. The van der Waals surface area contributed by atoms with Gasteiger partial charge in [0, 0.05) is 18.6 Å². The number of amides is 1. The fraction of sp³-hybridized carbons (Fsp3) is 0.429. The second-order valence-electron chi connectivity index (χ2n) is 5.10. The molecule has 0 aromatic heterocycles. The van der Waals surface area contributed by atoms with Crippen LogP contribution in [0.15, 0.2) is 24.3 Å². The summed E-state index contributed by atoms with van der Waals surface area (Å²) in [6.45, 7) is 7.22. The third-order valence-electron chi connectivity index (χ3n) is 3.76. The third kappa shape index (κ3) is 1.86. The molecule has 0 saturated heterocycles. The Morgan fingerprint density at radius 3 is 2.65 bits per heavy atom. The fourth-order valence-corrected chi connectivity index (χ4v) is 2.46. The number of hydrogen-bond acceptors (Lipinski definition) is 1. The molecule has 0 aliphatic carbocycles. The van der Waals surface area contributed by atoms with Crippen molar-refractivity contribution in [2.24, 2.45) is 5.73 Å². The molecule has 1 aromatic rings. The molecule has 17 heavy (non-hydrogen) atoms. The number of para-hydroxylation sites is 1. The molecule has 90 valence electrons. The van der Waals surface area contributed by atoms with Crippen LogP contribution in [0.2, 0.25) is 0 Å². The van der Waals surface area contributed by atoms with Crippen molar-refractivity contribution < 1.29 is 9.37 Å². The first-order valence-corrected chi connectivity index (χ1v) is 5.94. The molecule has 0 unspecified atom stereocenters. The van der Waals surface area contributed by atoms with Gasteiger partial charge in [0.25, 0.3) is 0 Å². The summed E-state index contributed by atoms with van der Waals surface area (Å²) >= 11 is 0. The van der Waals surface area contributed by atoms with Crippen molar-refractivity contribution in [1.29, 1.82) is 0 Å². The van der Waals surface area contributed by atoms with Crippen molar-refractivity contribution >= 4 is 17.3 Å². The summed E-state index contributed by atoms with van der Waals surface area (Å²) in [6.07, 6.45) is 0.391. The molecule has 1 aliphatic rings. The molecular weight excluding hydrogens is 212 g/mol. The lowest BCUT2D eigenvalue weighted by Crippen LogP contribution is -2.27. The van der Waals surface area contributed by atoms with E-state index >= 15 is 0 Å². The monoisotopic (exact) mass is 231 g/mol. The Morgan fingerprint density at radius 1 is 1.35 bits per heavy atom. The molecule has 0 saturated carbocycles. The van der Waals surface area contributed by atoms with Crippen LogP contribution in [0.25, 0.3) is 0 Å². The van der Waals surface area contributed by atoms with Crippen LogP contribution in [0, 0.1) is 0 Å². The van der Waals surface area contributed by atoms with E-state index in [4.69, 9.17) is 5.73 Å². The lowest BCUT2D eigenvalue weighted by atomic mass is 9.82. The Kier molecular flexibility index (Phi) is 2.77. The Hall–Kier alpha value is -1.64. The lowest BCUT2D eigenvalue weighted by molar-refractivity contribution is -0.437. The van der Waals surface area contributed by atoms with Crippen LogP contribution in [0.5, 0.6) is 0 Å². The van der Waals surface area contributed by atoms with Crippen molar-refractivity contribution in [3.05, 3.63) is 29.8 Å². The SMILES string of the molecule is CC1=[N+](CCC(N)=O)c2ccccc2C1(C)C. The van der Waals surface area contributed by atoms with Gasteiger partial charge in [0.05, 0.1) is 11.8 Å². The molecule has 0 fully saturated rings. The molecule has 2 N–H and O–H groups in total. The molecule has 3 heteroatoms. The van der Waals surface area contributed by atoms with Gasteiger partial charge < -0.3 is 5.73 Å². The quantitative estimate of drug-likeness (QED) is 0.794. The van der Waals surface area contributed by atoms with E-state index in [9.17, 15) is 4.79 Å². The van der Waals surface area contributed by atoms with Gasteiger partial charge in [-0.3, -0.25) is 4.79 Å². The van der Waals surface area contributed by atoms with Crippen LogP contribution >= 0.6 is 0 Å². The molecule has 0 spiro atoms. The highest BCUT2D eigenvalue weighted by Crippen LogP contribution is 2.38. The maximum absolute atomic E-state index is 10.9. The van der Waals surface area contributed by atoms with E-state index in [1.54, 1.807) is 0 Å². The second kappa shape index (κ2) is 3.99. The molecule has 1 amide bonds. The summed E-state index contributed by atoms with van der Waals surface area (Å²) in [7, 11) is 0. The van der Waals surface area contributed by atoms with Crippen molar-refractivity contribution in [3.8, 4) is 0 Å². The molecule has 0 atom stereocenters. The van der Waals surface area contributed by atoms with E-state index in [2.05, 4.69) is 43.5 Å². The number of fused-ring (bicyclic) bond motifs is 1. The van der Waals surface area contributed by atoms with Gasteiger partial charge in [-0.2, -0.15) is 4.58 Å². The van der Waals surface area contributed by atoms with Gasteiger partial charge in [0.1, 0.15) is 0 Å². The van der Waals surface area contributed by atoms with Crippen molar-refractivity contribution in [2.45, 2.75) is 32.6 Å². The van der Waals surface area contributed by atoms with Crippen LogP contribution in [0.4, 0.5) is 5.69 Å². The predicted octanol–water partition coefficient (Wildman–Crippen LogP) is 1.96. The summed E-state index contributed by atoms with van der Waals surface area (Å²) in [6, 6.07) is 8.36. The summed E-state index contributed by atoms with van der Waals surface area (Å²) in [5.74, 6) is -0.250. The maximum Gasteiger partial charge on any atom is 0.223 e. The van der Waals surface area contributed by atoms with E-state index in [1.807, 2.05) is 6.07 Å². The van der Waals surface area contributed by atoms with E-state index in [0.29, 0.717) is 13.0 Å². The highest BCUT2D eigenvalue weighted by molar-refractivity contribution is 5.93. The summed E-state index contributed by atoms with van der Waals surface area (Å²) in [5, 5.41) is 0. The first-order valence-electron chi connectivity index (χ1n) is 5.94. The van der Waals surface area contributed by atoms with Crippen LogP contribution in [-0.4, -0.2) is 22.7 Å². The Morgan fingerprint density at radius 2 is 2.00 bits per heavy atom. The fourth-order valence-electron chi connectivity index (χ4n) is 2.46. The first-order chi connectivity index (χ1) is 7.94. The predicted molar refractivity (Wildman–Crippen MR) is 68.7 cm³/mol. The molecule has 1 aromatic carbocycles. The number of hydrogen-bond donors (Lipinski definition) is 1. The number of primary amides is 1. The molecule has 0 radical (unpaired) electrons. The van der Waals surface area contributed by atoms with Crippen LogP contribution in [-0.2, 0) is 10.2 Å². The molecule has 3 nitrogen and oxygen atoms in total. The number of nitrogens with zero attached hydrogens (tertiary/aromatic N) is 1. The van der Waals surface area contributed by atoms with Crippen LogP contribution in [0.3, 0.4) is 0 Å². The number of benzene rings is 1. The second-order valence-corrected chi connectivity index (χ2v) is 5.10. The highest BCUT2D eigenvalue weighted by atomic mass is 16.1. The summed E-state index contributed by atoms with van der Waals surface area (Å²) < 4.78 is 2.21. The third-order valence-corrected chi connectivity index (χ3v) is 3.76. The number of carbonyl (C=O) groups excluding carboxylic acids is 1. The zero-order chi connectivity index (χ0) is 12.6. The molecular formula is C14H19N2O+. The zero-order valence-corrected chi connectivity index (χ0v) is 10.7. The van der Waals surface area contributed by atoms with Gasteiger partial charge in [-0.15, -0.1) is 0 Å². The van der Waals surface area contributed by atoms with Crippen LogP contribution < -0.4 is 5.73 Å². The topological polar surface area (TPSA) is 46.1 Å². The Bertz CT molecular complexity index is 501. The van der Waals surface area contributed by atoms with E-state index in [-0.39, 0.29) is 11.3 Å². The van der Waals surface area contributed by atoms with Crippen molar-refractivity contribution in [2.75, 3.05) is 6.54 Å². The number of carbonyl (C=O) groups is 1. The van der Waals surface area contributed by atoms with Gasteiger partial charge in [-0.05, 0) is 13.8 Å². The highest BCUT2D eigenvalue weighted by Gasteiger charge is 2.42. The molecule has 2 rings (SSSR count). The van der Waals surface area contributed by atoms with Crippen molar-refractivity contribution in [1.82, 2.24) is 0 Å². The van der Waals surface area contributed by atoms with Crippen LogP contribution in [0.1, 0.15) is 32.8 Å². The maximum atomic E-state index is 10.9.